The summed E-state index contributed by atoms with van der Waals surface area (Å²) in [6, 6.07) is 3.50. The second-order valence-electron chi connectivity index (χ2n) is 6.42. The number of nitrogens with one attached hydrogen (secondary N) is 2. The lowest BCUT2D eigenvalue weighted by Crippen LogP contribution is -2.54. The Hall–Kier alpha value is -2.61. The lowest BCUT2D eigenvalue weighted by molar-refractivity contribution is -0.143. The van der Waals surface area contributed by atoms with Crippen LogP contribution in [0.1, 0.15) is 32.8 Å². The van der Waals surface area contributed by atoms with E-state index in [-0.39, 0.29) is 18.1 Å². The Morgan fingerprint density at radius 1 is 1.08 bits per heavy atom. The van der Waals surface area contributed by atoms with Crippen LogP contribution in [0, 0.1) is 5.92 Å². The molecule has 8 nitrogen and oxygen atoms in total. The number of carboxylic acid groups (broad SMARTS) is 1. The number of carbonyl (C=O) groups is 3. The maximum atomic E-state index is 12.2. The maximum Gasteiger partial charge on any atom is 0.326 e. The van der Waals surface area contributed by atoms with E-state index >= 15 is 0 Å². The van der Waals surface area contributed by atoms with Crippen LogP contribution in [-0.2, 0) is 20.8 Å². The van der Waals surface area contributed by atoms with Gasteiger partial charge in [-0.15, -0.1) is 0 Å². The van der Waals surface area contributed by atoms with Crippen molar-refractivity contribution in [2.24, 2.45) is 11.7 Å². The molecular formula is C18H27N3O5. The smallest absolute Gasteiger partial charge is 0.326 e. The highest BCUT2D eigenvalue weighted by atomic mass is 16.4. The Morgan fingerprint density at radius 2 is 1.65 bits per heavy atom. The van der Waals surface area contributed by atoms with E-state index in [1.807, 2.05) is 6.92 Å². The fraction of sp³-hybridized carbons (Fsp3) is 0.500. The number of benzene rings is 1. The Morgan fingerprint density at radius 3 is 2.15 bits per heavy atom. The summed E-state index contributed by atoms with van der Waals surface area (Å²) in [6.45, 7) is 5.03. The van der Waals surface area contributed by atoms with Crippen LogP contribution in [0.5, 0.6) is 5.75 Å². The van der Waals surface area contributed by atoms with Gasteiger partial charge in [-0.1, -0.05) is 32.4 Å². The summed E-state index contributed by atoms with van der Waals surface area (Å²) in [7, 11) is 0. The Labute approximate surface area is 152 Å². The van der Waals surface area contributed by atoms with E-state index in [1.54, 1.807) is 19.1 Å². The summed E-state index contributed by atoms with van der Waals surface area (Å²) >= 11 is 0. The van der Waals surface area contributed by atoms with Crippen LogP contribution < -0.4 is 16.4 Å². The third kappa shape index (κ3) is 6.36. The van der Waals surface area contributed by atoms with Gasteiger partial charge in [0.15, 0.2) is 0 Å². The summed E-state index contributed by atoms with van der Waals surface area (Å²) in [6.07, 6.45) is 0.834. The van der Waals surface area contributed by atoms with Gasteiger partial charge in [-0.05, 0) is 37.0 Å². The molecule has 8 heteroatoms. The first kappa shape index (κ1) is 21.4. The average Bonchev–Trinajstić information content (AvgIpc) is 2.60. The van der Waals surface area contributed by atoms with E-state index in [2.05, 4.69) is 10.6 Å². The molecule has 4 atom stereocenters. The fourth-order valence-corrected chi connectivity index (χ4v) is 2.33. The largest absolute Gasteiger partial charge is 0.508 e. The Kier molecular flexibility index (Phi) is 8.05. The van der Waals surface area contributed by atoms with Gasteiger partial charge in [0.25, 0.3) is 0 Å². The number of aliphatic carboxylic acids is 1. The van der Waals surface area contributed by atoms with Crippen molar-refractivity contribution in [3.8, 4) is 5.75 Å². The molecule has 26 heavy (non-hydrogen) atoms. The van der Waals surface area contributed by atoms with Crippen molar-refractivity contribution in [1.82, 2.24) is 10.6 Å². The van der Waals surface area contributed by atoms with Crippen molar-refractivity contribution in [3.05, 3.63) is 29.8 Å². The van der Waals surface area contributed by atoms with Crippen LogP contribution in [0.25, 0.3) is 0 Å². The monoisotopic (exact) mass is 365 g/mol. The number of hydrogen-bond acceptors (Lipinski definition) is 5. The molecule has 0 fully saturated rings. The van der Waals surface area contributed by atoms with Crippen molar-refractivity contribution >= 4 is 17.8 Å². The normalized spacial score (nSPS) is 15.4. The third-order valence-corrected chi connectivity index (χ3v) is 4.26. The van der Waals surface area contributed by atoms with Gasteiger partial charge in [-0.3, -0.25) is 9.59 Å². The molecule has 4 unspecified atom stereocenters. The van der Waals surface area contributed by atoms with Crippen LogP contribution >= 0.6 is 0 Å². The zero-order valence-corrected chi connectivity index (χ0v) is 15.2. The summed E-state index contributed by atoms with van der Waals surface area (Å²) in [5.41, 5.74) is 6.62. The molecule has 0 aliphatic heterocycles. The molecule has 6 N–H and O–H groups in total. The molecule has 0 bridgehead atoms. The number of hydrogen-bond donors (Lipinski definition) is 5. The molecule has 0 radical (unpaired) electrons. The molecule has 144 valence electrons. The number of phenols is 1. The highest BCUT2D eigenvalue weighted by Gasteiger charge is 2.28. The Balaban J connectivity index is 2.59. The van der Waals surface area contributed by atoms with Crippen molar-refractivity contribution < 1.29 is 24.6 Å². The zero-order valence-electron chi connectivity index (χ0n) is 15.2. The van der Waals surface area contributed by atoms with Crippen LogP contribution in [0.15, 0.2) is 24.3 Å². The molecule has 0 aliphatic carbocycles. The highest BCUT2D eigenvalue weighted by molar-refractivity contribution is 5.91. The molecule has 1 aromatic rings. The minimum Gasteiger partial charge on any atom is -0.508 e. The van der Waals surface area contributed by atoms with E-state index < -0.39 is 35.9 Å². The van der Waals surface area contributed by atoms with Gasteiger partial charge in [0.1, 0.15) is 17.8 Å². The highest BCUT2D eigenvalue weighted by Crippen LogP contribution is 2.11. The Bertz CT molecular complexity index is 632. The number of carbonyl (C=O) groups excluding carboxylic acids is 2. The average molecular weight is 365 g/mol. The fourth-order valence-electron chi connectivity index (χ4n) is 2.33. The quantitative estimate of drug-likeness (QED) is 0.428. The van der Waals surface area contributed by atoms with Crippen molar-refractivity contribution in [1.29, 1.82) is 0 Å². The van der Waals surface area contributed by atoms with Gasteiger partial charge in [-0.2, -0.15) is 0 Å². The number of rotatable bonds is 9. The van der Waals surface area contributed by atoms with Gasteiger partial charge in [0.2, 0.25) is 11.8 Å². The first-order chi connectivity index (χ1) is 12.1. The molecule has 0 aliphatic rings. The van der Waals surface area contributed by atoms with Crippen LogP contribution in [0.4, 0.5) is 0 Å². The van der Waals surface area contributed by atoms with Gasteiger partial charge >= 0.3 is 5.97 Å². The molecule has 2 amide bonds. The lowest BCUT2D eigenvalue weighted by atomic mass is 9.99. The zero-order chi connectivity index (χ0) is 19.9. The molecule has 0 heterocycles. The van der Waals surface area contributed by atoms with Gasteiger partial charge < -0.3 is 26.6 Å². The van der Waals surface area contributed by atoms with Crippen molar-refractivity contribution in [3.63, 3.8) is 0 Å². The number of amides is 2. The lowest BCUT2D eigenvalue weighted by Gasteiger charge is -2.23. The number of carboxylic acids is 1. The van der Waals surface area contributed by atoms with Crippen LogP contribution in [0.2, 0.25) is 0 Å². The number of nitrogens with two attached hydrogens (primary N) is 1. The SMILES string of the molecule is CCC(C)C(NC(=O)C(C)NC(=O)C(N)Cc1ccc(O)cc1)C(=O)O. The van der Waals surface area contributed by atoms with Gasteiger partial charge in [-0.25, -0.2) is 4.79 Å². The molecule has 0 spiro atoms. The van der Waals surface area contributed by atoms with Crippen LogP contribution in [0.3, 0.4) is 0 Å². The van der Waals surface area contributed by atoms with E-state index in [0.717, 1.165) is 5.56 Å². The second-order valence-corrected chi connectivity index (χ2v) is 6.42. The first-order valence-corrected chi connectivity index (χ1v) is 8.52. The van der Waals surface area contributed by atoms with E-state index in [1.165, 1.54) is 19.1 Å². The summed E-state index contributed by atoms with van der Waals surface area (Å²) in [4.78, 5) is 35.6. The van der Waals surface area contributed by atoms with E-state index in [9.17, 15) is 24.6 Å². The topological polar surface area (TPSA) is 142 Å². The molecular weight excluding hydrogens is 338 g/mol. The summed E-state index contributed by atoms with van der Waals surface area (Å²) in [5, 5.41) is 23.4. The van der Waals surface area contributed by atoms with Crippen molar-refractivity contribution in [2.75, 3.05) is 0 Å². The van der Waals surface area contributed by atoms with Gasteiger partial charge in [0, 0.05) is 0 Å². The van der Waals surface area contributed by atoms with E-state index in [0.29, 0.717) is 6.42 Å². The summed E-state index contributed by atoms with van der Waals surface area (Å²) < 4.78 is 0. The summed E-state index contributed by atoms with van der Waals surface area (Å²) in [5.74, 6) is -2.34. The molecule has 0 saturated carbocycles. The van der Waals surface area contributed by atoms with E-state index in [4.69, 9.17) is 5.73 Å². The second kappa shape index (κ2) is 9.76. The molecule has 1 aromatic carbocycles. The minimum atomic E-state index is -1.12. The first-order valence-electron chi connectivity index (χ1n) is 8.52. The number of phenolic OH excluding ortho intramolecular Hbond substituents is 1. The standard InChI is InChI=1S/C18H27N3O5/c1-4-10(2)15(18(25)26)21-16(23)11(3)20-17(24)14(19)9-12-5-7-13(22)8-6-12/h5-8,10-11,14-15,22H,4,9,19H2,1-3H3,(H,20,24)(H,21,23)(H,25,26). The third-order valence-electron chi connectivity index (χ3n) is 4.26. The van der Waals surface area contributed by atoms with Crippen LogP contribution in [-0.4, -0.2) is 46.1 Å². The maximum absolute atomic E-state index is 12.2. The predicted molar refractivity (Wildman–Crippen MR) is 96.4 cm³/mol. The molecule has 0 aromatic heterocycles. The predicted octanol–water partition coefficient (Wildman–Crippen LogP) is 0.382. The number of aromatic hydroxyl groups is 1. The van der Waals surface area contributed by atoms with Gasteiger partial charge in [0.05, 0.1) is 6.04 Å². The van der Waals surface area contributed by atoms with Crippen molar-refractivity contribution in [2.45, 2.75) is 51.7 Å². The minimum absolute atomic E-state index is 0.117. The molecule has 0 saturated heterocycles. The molecule has 1 rings (SSSR count).